The number of Topliss-reactive ketones (excluding diaryl/α,β-unsaturated/α-hetero) is 1. The second kappa shape index (κ2) is 9.28. The molecule has 35 heavy (non-hydrogen) atoms. The molecule has 3 heterocycles. The van der Waals surface area contributed by atoms with Crippen molar-refractivity contribution in [2.45, 2.75) is 32.5 Å². The van der Waals surface area contributed by atoms with Crippen molar-refractivity contribution < 1.29 is 18.0 Å². The number of rotatable bonds is 7. The van der Waals surface area contributed by atoms with Crippen molar-refractivity contribution in [1.29, 1.82) is 0 Å². The molecule has 5 rings (SSSR count). The van der Waals surface area contributed by atoms with Gasteiger partial charge in [0, 0.05) is 59.6 Å². The summed E-state index contributed by atoms with van der Waals surface area (Å²) < 4.78 is 43.3. The average Bonchev–Trinajstić information content (AvgIpc) is 3.36. The third kappa shape index (κ3) is 4.93. The number of halogens is 3. The van der Waals surface area contributed by atoms with Gasteiger partial charge in [0.1, 0.15) is 10.7 Å². The van der Waals surface area contributed by atoms with Gasteiger partial charge in [-0.15, -0.1) is 11.3 Å². The molecule has 0 amide bonds. The highest BCUT2D eigenvalue weighted by molar-refractivity contribution is 7.12. The Bertz CT molecular complexity index is 1360. The van der Waals surface area contributed by atoms with E-state index in [-0.39, 0.29) is 17.3 Å². The first-order valence-electron chi connectivity index (χ1n) is 11.7. The van der Waals surface area contributed by atoms with Gasteiger partial charge in [-0.3, -0.25) is 9.69 Å². The predicted molar refractivity (Wildman–Crippen MR) is 135 cm³/mol. The van der Waals surface area contributed by atoms with Crippen LogP contribution in [0, 0.1) is 5.92 Å². The molecule has 7 heteroatoms. The molecule has 1 fully saturated rings. The number of hydrogen-bond donors (Lipinski definition) is 0. The fraction of sp³-hybridized carbons (Fsp3) is 0.321. The van der Waals surface area contributed by atoms with Crippen LogP contribution in [0.25, 0.3) is 22.0 Å². The lowest BCUT2D eigenvalue weighted by molar-refractivity contribution is -0.133. The maximum atomic E-state index is 13.7. The van der Waals surface area contributed by atoms with Gasteiger partial charge in [0.15, 0.2) is 0 Å². The molecule has 0 N–H and O–H groups in total. The maximum absolute atomic E-state index is 13.7. The Balaban J connectivity index is 1.31. The average molecular weight is 497 g/mol. The molecule has 2 aromatic carbocycles. The van der Waals surface area contributed by atoms with E-state index in [4.69, 9.17) is 0 Å². The van der Waals surface area contributed by atoms with E-state index in [1.165, 1.54) is 5.69 Å². The number of carbonyl (C=O) groups is 1. The summed E-state index contributed by atoms with van der Waals surface area (Å²) in [6, 6.07) is 19.0. The lowest BCUT2D eigenvalue weighted by Gasteiger charge is -2.37. The van der Waals surface area contributed by atoms with Crippen LogP contribution in [0.1, 0.15) is 27.9 Å². The summed E-state index contributed by atoms with van der Waals surface area (Å²) in [6.07, 6.45) is -3.13. The number of likely N-dealkylation sites (tertiary alicyclic amines) is 1. The molecule has 1 saturated heterocycles. The number of carbonyl (C=O) groups excluding carboxylic acids is 1. The van der Waals surface area contributed by atoms with Gasteiger partial charge in [0.25, 0.3) is 0 Å². The zero-order valence-corrected chi connectivity index (χ0v) is 20.5. The van der Waals surface area contributed by atoms with Gasteiger partial charge in [-0.2, -0.15) is 13.2 Å². The van der Waals surface area contributed by atoms with Crippen LogP contribution in [0.3, 0.4) is 0 Å². The number of fused-ring (bicyclic) bond motifs is 1. The van der Waals surface area contributed by atoms with E-state index in [0.29, 0.717) is 18.4 Å². The van der Waals surface area contributed by atoms with Crippen molar-refractivity contribution in [2.24, 2.45) is 13.0 Å². The zero-order chi connectivity index (χ0) is 24.7. The van der Waals surface area contributed by atoms with E-state index in [2.05, 4.69) is 40.8 Å². The highest BCUT2D eigenvalue weighted by Gasteiger charge is 2.36. The fourth-order valence-electron chi connectivity index (χ4n) is 4.82. The Morgan fingerprint density at radius 1 is 1.03 bits per heavy atom. The van der Waals surface area contributed by atoms with Crippen molar-refractivity contribution in [3.8, 4) is 11.1 Å². The Kier molecular flexibility index (Phi) is 6.32. The first kappa shape index (κ1) is 23.8. The SMILES string of the molecule is CC(=O)C1CN(Cc2cc3cc(CCc4cc(-c5ccccc5)c(C(F)(F)F)s4)ccc3n2C)C1. The molecule has 0 saturated carbocycles. The van der Waals surface area contributed by atoms with Crippen molar-refractivity contribution in [3.05, 3.63) is 81.7 Å². The van der Waals surface area contributed by atoms with E-state index in [1.54, 1.807) is 37.3 Å². The summed E-state index contributed by atoms with van der Waals surface area (Å²) in [6.45, 7) is 4.09. The topological polar surface area (TPSA) is 25.2 Å². The molecule has 1 aliphatic rings. The van der Waals surface area contributed by atoms with Crippen LogP contribution in [0.2, 0.25) is 0 Å². The van der Waals surface area contributed by atoms with Crippen LogP contribution in [-0.4, -0.2) is 28.3 Å². The summed E-state index contributed by atoms with van der Waals surface area (Å²) in [5, 5.41) is 1.13. The number of nitrogens with zero attached hydrogens (tertiary/aromatic N) is 2. The van der Waals surface area contributed by atoms with E-state index in [1.807, 2.05) is 6.07 Å². The van der Waals surface area contributed by atoms with Gasteiger partial charge in [-0.1, -0.05) is 36.4 Å². The van der Waals surface area contributed by atoms with Crippen LogP contribution in [0.15, 0.2) is 60.7 Å². The van der Waals surface area contributed by atoms with Gasteiger partial charge >= 0.3 is 6.18 Å². The van der Waals surface area contributed by atoms with Crippen LogP contribution < -0.4 is 0 Å². The van der Waals surface area contributed by atoms with Gasteiger partial charge in [0.2, 0.25) is 0 Å². The quantitative estimate of drug-likeness (QED) is 0.283. The number of alkyl halides is 3. The Morgan fingerprint density at radius 3 is 2.46 bits per heavy atom. The largest absolute Gasteiger partial charge is 0.426 e. The third-order valence-corrected chi connectivity index (χ3v) is 8.15. The number of aryl methyl sites for hydroxylation is 3. The lowest BCUT2D eigenvalue weighted by Crippen LogP contribution is -2.49. The molecule has 4 aromatic rings. The normalized spacial score (nSPS) is 15.0. The van der Waals surface area contributed by atoms with Crippen molar-refractivity contribution in [2.75, 3.05) is 13.1 Å². The van der Waals surface area contributed by atoms with E-state index >= 15 is 0 Å². The van der Waals surface area contributed by atoms with Gasteiger partial charge in [0.05, 0.1) is 0 Å². The molecule has 0 atom stereocenters. The van der Waals surface area contributed by atoms with Gasteiger partial charge < -0.3 is 4.57 Å². The first-order valence-corrected chi connectivity index (χ1v) is 12.6. The van der Waals surface area contributed by atoms with Gasteiger partial charge in [-0.25, -0.2) is 0 Å². The number of aromatic nitrogens is 1. The monoisotopic (exact) mass is 496 g/mol. The molecule has 182 valence electrons. The Hall–Kier alpha value is -2.90. The maximum Gasteiger partial charge on any atom is 0.426 e. The molecule has 2 aromatic heterocycles. The highest BCUT2D eigenvalue weighted by atomic mass is 32.1. The lowest BCUT2D eigenvalue weighted by atomic mass is 9.96. The van der Waals surface area contributed by atoms with Crippen LogP contribution in [-0.2, 0) is 37.4 Å². The molecular weight excluding hydrogens is 469 g/mol. The number of thiophene rings is 1. The minimum absolute atomic E-state index is 0.161. The van der Waals surface area contributed by atoms with E-state index in [9.17, 15) is 18.0 Å². The predicted octanol–water partition coefficient (Wildman–Crippen LogP) is 6.73. The molecule has 0 bridgehead atoms. The third-order valence-electron chi connectivity index (χ3n) is 6.91. The summed E-state index contributed by atoms with van der Waals surface area (Å²) in [7, 11) is 2.05. The van der Waals surface area contributed by atoms with Crippen molar-refractivity contribution in [3.63, 3.8) is 0 Å². The van der Waals surface area contributed by atoms with Crippen LogP contribution in [0.5, 0.6) is 0 Å². The standard InChI is InChI=1S/C28H27F3N2OS/c1-18(34)22-15-33(16-22)17-23-13-21-12-19(9-11-26(21)32(23)2)8-10-24-14-25(20-6-4-3-5-7-20)27(35-24)28(29,30)31/h3-7,9,11-14,22H,8,10,15-17H2,1-2H3. The molecule has 0 aliphatic carbocycles. The second-order valence-corrected chi connectivity index (χ2v) is 10.5. The Labute approximate surface area is 206 Å². The smallest absolute Gasteiger partial charge is 0.346 e. The fourth-order valence-corrected chi connectivity index (χ4v) is 5.87. The minimum Gasteiger partial charge on any atom is -0.346 e. The summed E-state index contributed by atoms with van der Waals surface area (Å²) >= 11 is 0.850. The van der Waals surface area contributed by atoms with Crippen molar-refractivity contribution >= 4 is 28.0 Å². The Morgan fingerprint density at radius 2 is 1.77 bits per heavy atom. The molecular formula is C28H27F3N2OS. The molecule has 0 unspecified atom stereocenters. The summed E-state index contributed by atoms with van der Waals surface area (Å²) in [5.41, 5.74) is 4.30. The van der Waals surface area contributed by atoms with E-state index < -0.39 is 11.1 Å². The number of hydrogen-bond acceptors (Lipinski definition) is 3. The highest BCUT2D eigenvalue weighted by Crippen LogP contribution is 2.43. The summed E-state index contributed by atoms with van der Waals surface area (Å²) in [5.74, 6) is 0.417. The molecule has 3 nitrogen and oxygen atoms in total. The first-order chi connectivity index (χ1) is 16.7. The van der Waals surface area contributed by atoms with Crippen LogP contribution >= 0.6 is 11.3 Å². The molecule has 0 spiro atoms. The van der Waals surface area contributed by atoms with Gasteiger partial charge in [-0.05, 0) is 55.2 Å². The van der Waals surface area contributed by atoms with Crippen molar-refractivity contribution in [1.82, 2.24) is 9.47 Å². The summed E-state index contributed by atoms with van der Waals surface area (Å²) in [4.78, 5) is 14.0. The minimum atomic E-state index is -4.37. The molecule has 0 radical (unpaired) electrons. The van der Waals surface area contributed by atoms with E-state index in [0.717, 1.165) is 52.3 Å². The van der Waals surface area contributed by atoms with Crippen LogP contribution in [0.4, 0.5) is 13.2 Å². The number of benzene rings is 2. The molecule has 1 aliphatic heterocycles. The second-order valence-electron chi connectivity index (χ2n) is 9.41. The zero-order valence-electron chi connectivity index (χ0n) is 19.7. The number of ketones is 1.